The number of rotatable bonds is 3. The summed E-state index contributed by atoms with van der Waals surface area (Å²) < 4.78 is 5.24. The van der Waals surface area contributed by atoms with Crippen molar-refractivity contribution >= 4 is 35.6 Å². The van der Waals surface area contributed by atoms with Gasteiger partial charge in [0.15, 0.2) is 0 Å². The number of hydrogen-bond donors (Lipinski definition) is 2. The Hall–Kier alpha value is -0.970. The fourth-order valence-corrected chi connectivity index (χ4v) is 2.07. The van der Waals surface area contributed by atoms with Gasteiger partial charge in [-0.15, -0.1) is 12.4 Å². The highest BCUT2D eigenvalue weighted by Gasteiger charge is 2.17. The first-order valence-corrected chi connectivity index (χ1v) is 5.95. The molecule has 1 saturated heterocycles. The third-order valence-electron chi connectivity index (χ3n) is 2.81. The number of carbonyl (C=O) groups excluding carboxylic acids is 1. The van der Waals surface area contributed by atoms with Gasteiger partial charge >= 0.3 is 0 Å². The molecule has 1 aliphatic heterocycles. The summed E-state index contributed by atoms with van der Waals surface area (Å²) >= 11 is 5.95. The molecule has 1 unspecified atom stereocenters. The summed E-state index contributed by atoms with van der Waals surface area (Å²) in [6.07, 6.45) is 0.996. The maximum atomic E-state index is 11.9. The third-order valence-corrected chi connectivity index (χ3v) is 3.13. The highest BCUT2D eigenvalue weighted by molar-refractivity contribution is 6.34. The van der Waals surface area contributed by atoms with E-state index in [0.29, 0.717) is 28.7 Å². The number of nitrogens with two attached hydrogens (primary N) is 1. The van der Waals surface area contributed by atoms with Gasteiger partial charge in [-0.25, -0.2) is 0 Å². The first-order chi connectivity index (χ1) is 8.16. The van der Waals surface area contributed by atoms with Gasteiger partial charge in [-0.2, -0.15) is 0 Å². The predicted octanol–water partition coefficient (Wildman–Crippen LogP) is 2.11. The van der Waals surface area contributed by atoms with Crippen molar-refractivity contribution in [2.75, 3.05) is 25.5 Å². The summed E-state index contributed by atoms with van der Waals surface area (Å²) in [5, 5.41) is 3.24. The first-order valence-electron chi connectivity index (χ1n) is 5.58. The lowest BCUT2D eigenvalue weighted by atomic mass is 10.1. The maximum absolute atomic E-state index is 11.9. The molecule has 0 aromatic heterocycles. The van der Waals surface area contributed by atoms with E-state index < -0.39 is 0 Å². The van der Waals surface area contributed by atoms with Gasteiger partial charge in [0.25, 0.3) is 5.91 Å². The zero-order valence-corrected chi connectivity index (χ0v) is 11.4. The van der Waals surface area contributed by atoms with Crippen LogP contribution < -0.4 is 11.1 Å². The lowest BCUT2D eigenvalue weighted by Gasteiger charge is -2.10. The first kappa shape index (κ1) is 15.1. The minimum atomic E-state index is -0.165. The Morgan fingerprint density at radius 3 is 2.94 bits per heavy atom. The Labute approximate surface area is 117 Å². The van der Waals surface area contributed by atoms with E-state index in [1.807, 2.05) is 0 Å². The maximum Gasteiger partial charge on any atom is 0.252 e. The minimum absolute atomic E-state index is 0. The van der Waals surface area contributed by atoms with E-state index in [-0.39, 0.29) is 18.3 Å². The van der Waals surface area contributed by atoms with Crippen LogP contribution in [0.3, 0.4) is 0 Å². The monoisotopic (exact) mass is 290 g/mol. The number of halogens is 2. The molecule has 1 aliphatic rings. The number of anilines is 1. The number of nitrogens with one attached hydrogen (secondary N) is 1. The van der Waals surface area contributed by atoms with Gasteiger partial charge in [0.2, 0.25) is 0 Å². The molecular formula is C12H16Cl2N2O2. The van der Waals surface area contributed by atoms with Crippen LogP contribution >= 0.6 is 24.0 Å². The van der Waals surface area contributed by atoms with Crippen molar-refractivity contribution < 1.29 is 9.53 Å². The van der Waals surface area contributed by atoms with E-state index in [2.05, 4.69) is 5.32 Å². The number of carbonyl (C=O) groups is 1. The molecular weight excluding hydrogens is 275 g/mol. The smallest absolute Gasteiger partial charge is 0.252 e. The van der Waals surface area contributed by atoms with E-state index in [1.165, 1.54) is 0 Å². The molecule has 1 fully saturated rings. The Balaban J connectivity index is 0.00000162. The van der Waals surface area contributed by atoms with Crippen molar-refractivity contribution in [3.05, 3.63) is 28.8 Å². The van der Waals surface area contributed by atoms with Crippen LogP contribution in [0, 0.1) is 5.92 Å². The lowest BCUT2D eigenvalue weighted by molar-refractivity contribution is 0.0945. The second kappa shape index (κ2) is 6.83. The zero-order chi connectivity index (χ0) is 12.3. The highest BCUT2D eigenvalue weighted by Crippen LogP contribution is 2.19. The van der Waals surface area contributed by atoms with Crippen LogP contribution in [0.15, 0.2) is 18.2 Å². The standard InChI is InChI=1S/C12H15ClN2O2.ClH/c13-11-5-9(14)1-2-10(11)12(16)15-6-8-3-4-17-7-8;/h1-2,5,8H,3-4,6-7,14H2,(H,15,16);1H. The van der Waals surface area contributed by atoms with E-state index in [1.54, 1.807) is 18.2 Å². The number of nitrogen functional groups attached to an aromatic ring is 1. The topological polar surface area (TPSA) is 64.4 Å². The van der Waals surface area contributed by atoms with E-state index >= 15 is 0 Å². The second-order valence-electron chi connectivity index (χ2n) is 4.18. The summed E-state index contributed by atoms with van der Waals surface area (Å²) in [6.45, 7) is 2.12. The fraction of sp³-hybridized carbons (Fsp3) is 0.417. The average molecular weight is 291 g/mol. The number of hydrogen-bond acceptors (Lipinski definition) is 3. The van der Waals surface area contributed by atoms with Gasteiger partial charge < -0.3 is 15.8 Å². The van der Waals surface area contributed by atoms with E-state index in [9.17, 15) is 4.79 Å². The summed E-state index contributed by atoms with van der Waals surface area (Å²) in [5.74, 6) is 0.244. The van der Waals surface area contributed by atoms with Crippen molar-refractivity contribution in [1.82, 2.24) is 5.32 Å². The van der Waals surface area contributed by atoms with Crippen molar-refractivity contribution in [2.24, 2.45) is 5.92 Å². The Morgan fingerprint density at radius 1 is 1.56 bits per heavy atom. The summed E-state index contributed by atoms with van der Waals surface area (Å²) in [4.78, 5) is 11.9. The summed E-state index contributed by atoms with van der Waals surface area (Å²) in [7, 11) is 0. The van der Waals surface area contributed by atoms with Crippen molar-refractivity contribution in [2.45, 2.75) is 6.42 Å². The summed E-state index contributed by atoms with van der Waals surface area (Å²) in [5.41, 5.74) is 6.58. The molecule has 0 saturated carbocycles. The van der Waals surface area contributed by atoms with Gasteiger partial charge in [0.05, 0.1) is 17.2 Å². The Morgan fingerprint density at radius 2 is 2.33 bits per heavy atom. The molecule has 0 radical (unpaired) electrons. The van der Waals surface area contributed by atoms with Gasteiger partial charge in [-0.3, -0.25) is 4.79 Å². The fourth-order valence-electron chi connectivity index (χ4n) is 1.79. The summed E-state index contributed by atoms with van der Waals surface area (Å²) in [6, 6.07) is 4.88. The second-order valence-corrected chi connectivity index (χ2v) is 4.59. The van der Waals surface area contributed by atoms with Crippen molar-refractivity contribution in [3.8, 4) is 0 Å². The molecule has 1 aromatic rings. The van der Waals surface area contributed by atoms with Gasteiger partial charge in [0, 0.05) is 24.8 Å². The number of benzene rings is 1. The molecule has 18 heavy (non-hydrogen) atoms. The quantitative estimate of drug-likeness (QED) is 0.838. The molecule has 0 aliphatic carbocycles. The van der Waals surface area contributed by atoms with Crippen LogP contribution in [0.2, 0.25) is 5.02 Å². The molecule has 0 spiro atoms. The Bertz CT molecular complexity index is 421. The van der Waals surface area contributed by atoms with Crippen molar-refractivity contribution in [1.29, 1.82) is 0 Å². The van der Waals surface area contributed by atoms with Crippen LogP contribution in [0.5, 0.6) is 0 Å². The average Bonchev–Trinajstić information content (AvgIpc) is 2.78. The van der Waals surface area contributed by atoms with Crippen LogP contribution in [-0.4, -0.2) is 25.7 Å². The number of amides is 1. The van der Waals surface area contributed by atoms with Gasteiger partial charge in [0.1, 0.15) is 0 Å². The molecule has 1 amide bonds. The molecule has 1 heterocycles. The molecule has 0 bridgehead atoms. The van der Waals surface area contributed by atoms with Gasteiger partial charge in [-0.1, -0.05) is 11.6 Å². The molecule has 4 nitrogen and oxygen atoms in total. The van der Waals surface area contributed by atoms with E-state index in [4.69, 9.17) is 22.1 Å². The highest BCUT2D eigenvalue weighted by atomic mass is 35.5. The van der Waals surface area contributed by atoms with E-state index in [0.717, 1.165) is 19.6 Å². The van der Waals surface area contributed by atoms with Gasteiger partial charge in [-0.05, 0) is 24.6 Å². The van der Waals surface area contributed by atoms with Crippen LogP contribution in [0.25, 0.3) is 0 Å². The Kier molecular flexibility index (Phi) is 5.72. The minimum Gasteiger partial charge on any atom is -0.399 e. The third kappa shape index (κ3) is 3.77. The molecule has 1 aromatic carbocycles. The van der Waals surface area contributed by atoms with Crippen LogP contribution in [0.1, 0.15) is 16.8 Å². The molecule has 1 atom stereocenters. The molecule has 100 valence electrons. The predicted molar refractivity (Wildman–Crippen MR) is 74.4 cm³/mol. The lowest BCUT2D eigenvalue weighted by Crippen LogP contribution is -2.29. The zero-order valence-electron chi connectivity index (χ0n) is 9.82. The SMILES string of the molecule is Cl.Nc1ccc(C(=O)NCC2CCOC2)c(Cl)c1. The normalized spacial score (nSPS) is 18.2. The largest absolute Gasteiger partial charge is 0.399 e. The van der Waals surface area contributed by atoms with Crippen LogP contribution in [0.4, 0.5) is 5.69 Å². The molecule has 3 N–H and O–H groups in total. The molecule has 6 heteroatoms. The molecule has 2 rings (SSSR count). The van der Waals surface area contributed by atoms with Crippen LogP contribution in [-0.2, 0) is 4.74 Å². The van der Waals surface area contributed by atoms with Crippen molar-refractivity contribution in [3.63, 3.8) is 0 Å². The number of ether oxygens (including phenoxy) is 1.